The minimum Gasteiger partial charge on any atom is -0.207 e. The second-order valence-electron chi connectivity index (χ2n) is 2.85. The van der Waals surface area contributed by atoms with Gasteiger partial charge in [-0.2, -0.15) is 5.26 Å². The molecule has 0 heterocycles. The van der Waals surface area contributed by atoms with Crippen molar-refractivity contribution in [3.8, 4) is 6.07 Å². The molecule has 0 aliphatic heterocycles. The van der Waals surface area contributed by atoms with Crippen LogP contribution in [0.1, 0.15) is 18.1 Å². The van der Waals surface area contributed by atoms with Gasteiger partial charge in [0.15, 0.2) is 0 Å². The molecule has 15 heavy (non-hydrogen) atoms. The molecule has 1 aromatic rings. The van der Waals surface area contributed by atoms with Crippen LogP contribution in [-0.4, -0.2) is 8.42 Å². The van der Waals surface area contributed by atoms with Crippen molar-refractivity contribution in [2.24, 2.45) is 0 Å². The van der Waals surface area contributed by atoms with Crippen molar-refractivity contribution in [2.45, 2.75) is 18.2 Å². The predicted octanol–water partition coefficient (Wildman–Crippen LogP) is 2.65. The van der Waals surface area contributed by atoms with E-state index in [0.717, 1.165) is 5.56 Å². The van der Waals surface area contributed by atoms with Crippen LogP contribution in [0.3, 0.4) is 0 Å². The van der Waals surface area contributed by atoms with Crippen LogP contribution in [-0.2, 0) is 15.5 Å². The van der Waals surface area contributed by atoms with Crippen LogP contribution in [0.4, 0.5) is 0 Å². The highest BCUT2D eigenvalue weighted by Gasteiger charge is 2.18. The Morgan fingerprint density at radius 3 is 2.53 bits per heavy atom. The molecule has 0 aliphatic carbocycles. The van der Waals surface area contributed by atoms with Gasteiger partial charge in [-0.15, -0.1) is 0 Å². The summed E-state index contributed by atoms with van der Waals surface area (Å²) in [7, 11) is 1.41. The average molecular weight is 356 g/mol. The third-order valence-electron chi connectivity index (χ3n) is 1.90. The molecule has 0 atom stereocenters. The summed E-state index contributed by atoms with van der Waals surface area (Å²) in [6.45, 7) is 1.90. The van der Waals surface area contributed by atoms with Crippen LogP contribution >= 0.6 is 33.3 Å². The van der Waals surface area contributed by atoms with E-state index in [1.54, 1.807) is 6.07 Å². The highest BCUT2D eigenvalue weighted by molar-refractivity contribution is 14.1. The highest BCUT2D eigenvalue weighted by Crippen LogP contribution is 2.26. The number of hydrogen-bond acceptors (Lipinski definition) is 3. The number of benzene rings is 1. The van der Waals surface area contributed by atoms with Gasteiger partial charge in [-0.25, -0.2) is 8.42 Å². The van der Waals surface area contributed by atoms with E-state index in [0.29, 0.717) is 9.99 Å². The number of rotatable bonds is 2. The molecular weight excluding hydrogens is 349 g/mol. The van der Waals surface area contributed by atoms with Crippen LogP contribution in [0.2, 0.25) is 0 Å². The first kappa shape index (κ1) is 12.7. The molecule has 0 saturated heterocycles. The molecule has 1 aromatic carbocycles. The lowest BCUT2D eigenvalue weighted by Gasteiger charge is -2.05. The van der Waals surface area contributed by atoms with Crippen LogP contribution in [0.15, 0.2) is 17.0 Å². The lowest BCUT2D eigenvalue weighted by Crippen LogP contribution is -1.99. The fourth-order valence-electron chi connectivity index (χ4n) is 1.14. The van der Waals surface area contributed by atoms with Gasteiger partial charge in [0.1, 0.15) is 11.0 Å². The Balaban J connectivity index is 3.63. The van der Waals surface area contributed by atoms with Gasteiger partial charge in [0.05, 0.1) is 5.56 Å². The molecule has 0 amide bonds. The summed E-state index contributed by atoms with van der Waals surface area (Å²) in [5, 5.41) is 8.85. The fourth-order valence-corrected chi connectivity index (χ4v) is 3.19. The second-order valence-corrected chi connectivity index (χ2v) is 6.55. The van der Waals surface area contributed by atoms with Gasteiger partial charge in [0.2, 0.25) is 0 Å². The molecule has 0 N–H and O–H groups in total. The molecule has 0 unspecified atom stereocenters. The van der Waals surface area contributed by atoms with E-state index >= 15 is 0 Å². The Bertz CT molecular complexity index is 534. The molecule has 0 fully saturated rings. The third-order valence-corrected chi connectivity index (χ3v) is 4.09. The van der Waals surface area contributed by atoms with Crippen molar-refractivity contribution >= 4 is 42.3 Å². The van der Waals surface area contributed by atoms with E-state index < -0.39 is 9.05 Å². The van der Waals surface area contributed by atoms with Crippen molar-refractivity contribution in [3.63, 3.8) is 0 Å². The first-order chi connectivity index (χ1) is 6.90. The zero-order valence-corrected chi connectivity index (χ0v) is 11.5. The lowest BCUT2D eigenvalue weighted by atomic mass is 10.1. The zero-order chi connectivity index (χ0) is 11.6. The second kappa shape index (κ2) is 4.68. The minimum absolute atomic E-state index is 0.101. The van der Waals surface area contributed by atoms with Crippen molar-refractivity contribution in [2.75, 3.05) is 0 Å². The molecule has 1 rings (SSSR count). The summed E-state index contributed by atoms with van der Waals surface area (Å²) in [6, 6.07) is 5.08. The van der Waals surface area contributed by atoms with Gasteiger partial charge in [-0.1, -0.05) is 6.92 Å². The molecule has 80 valence electrons. The molecule has 0 aromatic heterocycles. The van der Waals surface area contributed by atoms with Crippen LogP contribution in [0.5, 0.6) is 0 Å². The maximum Gasteiger partial charge on any atom is 0.262 e. The van der Waals surface area contributed by atoms with Gasteiger partial charge in [0.25, 0.3) is 9.05 Å². The molecule has 3 nitrogen and oxygen atoms in total. The van der Waals surface area contributed by atoms with Gasteiger partial charge >= 0.3 is 0 Å². The van der Waals surface area contributed by atoms with Crippen molar-refractivity contribution in [1.82, 2.24) is 0 Å². The topological polar surface area (TPSA) is 57.9 Å². The van der Waals surface area contributed by atoms with E-state index in [1.165, 1.54) is 6.07 Å². The lowest BCUT2D eigenvalue weighted by molar-refractivity contribution is 0.609. The van der Waals surface area contributed by atoms with Crippen LogP contribution < -0.4 is 0 Å². The molecule has 0 spiro atoms. The normalized spacial score (nSPS) is 11.1. The number of aryl methyl sites for hydroxylation is 1. The summed E-state index contributed by atoms with van der Waals surface area (Å²) < 4.78 is 23.1. The third kappa shape index (κ3) is 2.83. The van der Waals surface area contributed by atoms with E-state index in [4.69, 9.17) is 15.9 Å². The first-order valence-electron chi connectivity index (χ1n) is 4.07. The molecule has 0 bridgehead atoms. The number of halogens is 2. The first-order valence-corrected chi connectivity index (χ1v) is 7.46. The van der Waals surface area contributed by atoms with Crippen LogP contribution in [0.25, 0.3) is 0 Å². The number of nitrogens with zero attached hydrogens (tertiary/aromatic N) is 1. The van der Waals surface area contributed by atoms with Crippen LogP contribution in [0, 0.1) is 14.9 Å². The monoisotopic (exact) mass is 355 g/mol. The predicted molar refractivity (Wildman–Crippen MR) is 66.3 cm³/mol. The maximum absolute atomic E-state index is 11.2. The fraction of sp³-hybridized carbons (Fsp3) is 0.222. The minimum atomic E-state index is -3.86. The smallest absolute Gasteiger partial charge is 0.207 e. The molecule has 6 heteroatoms. The summed E-state index contributed by atoms with van der Waals surface area (Å²) in [5.41, 5.74) is 0.959. The number of nitriles is 1. The van der Waals surface area contributed by atoms with E-state index in [2.05, 4.69) is 0 Å². The quantitative estimate of drug-likeness (QED) is 0.605. The van der Waals surface area contributed by atoms with Crippen molar-refractivity contribution in [3.05, 3.63) is 26.8 Å². The van der Waals surface area contributed by atoms with Gasteiger partial charge in [-0.3, -0.25) is 0 Å². The Morgan fingerprint density at radius 2 is 2.13 bits per heavy atom. The summed E-state index contributed by atoms with van der Waals surface area (Å²) in [6.07, 6.45) is 0.696. The standard InChI is InChI=1S/C9H7ClINO2S/c1-2-6-3-8(11)7(5-12)9(4-6)15(10,13)14/h3-4H,2H2,1H3. The molecule has 0 radical (unpaired) electrons. The maximum atomic E-state index is 11.2. The van der Waals surface area contributed by atoms with Gasteiger partial charge in [0, 0.05) is 14.3 Å². The summed E-state index contributed by atoms with van der Waals surface area (Å²) in [5.74, 6) is 0. The molecule has 0 saturated carbocycles. The molecule has 0 aliphatic rings. The Labute approximate surface area is 107 Å². The van der Waals surface area contributed by atoms with E-state index in [1.807, 2.05) is 35.6 Å². The Hall–Kier alpha value is -0.320. The van der Waals surface area contributed by atoms with Crippen molar-refractivity contribution in [1.29, 1.82) is 5.26 Å². The summed E-state index contributed by atoms with van der Waals surface area (Å²) >= 11 is 1.93. The highest BCUT2D eigenvalue weighted by atomic mass is 127. The van der Waals surface area contributed by atoms with Gasteiger partial charge in [-0.05, 0) is 46.7 Å². The Morgan fingerprint density at radius 1 is 1.53 bits per heavy atom. The summed E-state index contributed by atoms with van der Waals surface area (Å²) in [4.78, 5) is -0.101. The van der Waals surface area contributed by atoms with Crippen molar-refractivity contribution < 1.29 is 8.42 Å². The molecular formula is C9H7ClINO2S. The Kier molecular flexibility index (Phi) is 3.98. The average Bonchev–Trinajstić information content (AvgIpc) is 2.15. The largest absolute Gasteiger partial charge is 0.262 e. The zero-order valence-electron chi connectivity index (χ0n) is 7.79. The van der Waals surface area contributed by atoms with E-state index in [9.17, 15) is 8.42 Å². The number of hydrogen-bond donors (Lipinski definition) is 0. The van der Waals surface area contributed by atoms with Gasteiger partial charge < -0.3 is 0 Å². The SMILES string of the molecule is CCc1cc(I)c(C#N)c(S(=O)(=O)Cl)c1. The van der Waals surface area contributed by atoms with E-state index in [-0.39, 0.29) is 10.5 Å².